The average Bonchev–Trinajstić information content (AvgIpc) is 2.16. The molecular weight excluding hydrogens is 202 g/mol. The summed E-state index contributed by atoms with van der Waals surface area (Å²) in [5.74, 6) is -0.222. The van der Waals surface area contributed by atoms with Crippen molar-refractivity contribution in [2.45, 2.75) is 6.92 Å². The maximum atomic E-state index is 11.4. The van der Waals surface area contributed by atoms with E-state index in [-0.39, 0.29) is 24.9 Å². The zero-order valence-electron chi connectivity index (χ0n) is 8.78. The van der Waals surface area contributed by atoms with Gasteiger partial charge in [-0.15, -0.1) is 0 Å². The summed E-state index contributed by atoms with van der Waals surface area (Å²) < 4.78 is 2.44. The molecule has 0 aromatic heterocycles. The highest BCUT2D eigenvalue weighted by Crippen LogP contribution is 1.89. The van der Waals surface area contributed by atoms with Crippen LogP contribution in [0, 0.1) is 0 Å². The molecule has 6 heteroatoms. The minimum atomic E-state index is -0.155. The zero-order valence-corrected chi connectivity index (χ0v) is 9.67. The molecular formula is C8H17N3O2S. The maximum absolute atomic E-state index is 11.4. The standard InChI is InChI=1S/C8H17N3O2S/c1-4-10(2)8(13)6-11(3)7(12)5-9-14/h9,14H,4-6H2,1-3H3. The molecule has 0 aliphatic carbocycles. The van der Waals surface area contributed by atoms with E-state index in [0.717, 1.165) is 0 Å². The predicted molar refractivity (Wildman–Crippen MR) is 57.9 cm³/mol. The molecule has 2 amide bonds. The highest BCUT2D eigenvalue weighted by Gasteiger charge is 2.13. The summed E-state index contributed by atoms with van der Waals surface area (Å²) in [4.78, 5) is 25.6. The van der Waals surface area contributed by atoms with Gasteiger partial charge in [-0.3, -0.25) is 14.3 Å². The molecule has 0 saturated heterocycles. The Hall–Kier alpha value is -0.750. The van der Waals surface area contributed by atoms with E-state index in [1.54, 1.807) is 19.0 Å². The maximum Gasteiger partial charge on any atom is 0.241 e. The summed E-state index contributed by atoms with van der Waals surface area (Å²) in [7, 11) is 3.30. The Balaban J connectivity index is 3.99. The molecule has 14 heavy (non-hydrogen) atoms. The van der Waals surface area contributed by atoms with Gasteiger partial charge in [0.15, 0.2) is 0 Å². The molecule has 1 N–H and O–H groups in total. The number of thiol groups is 1. The number of nitrogens with one attached hydrogen (secondary N) is 1. The number of likely N-dealkylation sites (N-methyl/N-ethyl adjacent to an activating group) is 2. The van der Waals surface area contributed by atoms with Crippen LogP contribution in [0.15, 0.2) is 0 Å². The van der Waals surface area contributed by atoms with Gasteiger partial charge in [-0.1, -0.05) is 12.8 Å². The van der Waals surface area contributed by atoms with Gasteiger partial charge in [-0.05, 0) is 6.92 Å². The first-order valence-corrected chi connectivity index (χ1v) is 4.82. The molecule has 0 aromatic rings. The smallest absolute Gasteiger partial charge is 0.241 e. The van der Waals surface area contributed by atoms with Crippen molar-refractivity contribution in [3.8, 4) is 0 Å². The number of carbonyl (C=O) groups is 2. The van der Waals surface area contributed by atoms with Crippen LogP contribution in [0.5, 0.6) is 0 Å². The average molecular weight is 219 g/mol. The fourth-order valence-electron chi connectivity index (χ4n) is 0.791. The molecule has 0 heterocycles. The third-order valence-electron chi connectivity index (χ3n) is 1.93. The van der Waals surface area contributed by atoms with Gasteiger partial charge in [-0.25, -0.2) is 0 Å². The highest BCUT2D eigenvalue weighted by atomic mass is 32.1. The van der Waals surface area contributed by atoms with Gasteiger partial charge < -0.3 is 9.80 Å². The van der Waals surface area contributed by atoms with Crippen molar-refractivity contribution in [1.82, 2.24) is 14.5 Å². The number of carbonyl (C=O) groups excluding carboxylic acids is 2. The normalized spacial score (nSPS) is 9.71. The van der Waals surface area contributed by atoms with Crippen LogP contribution in [0.3, 0.4) is 0 Å². The second-order valence-corrected chi connectivity index (χ2v) is 3.31. The third kappa shape index (κ3) is 4.48. The number of amides is 2. The Morgan fingerprint density at radius 3 is 2.21 bits per heavy atom. The van der Waals surface area contributed by atoms with Gasteiger partial charge in [0.2, 0.25) is 11.8 Å². The van der Waals surface area contributed by atoms with Crippen LogP contribution >= 0.6 is 12.8 Å². The summed E-state index contributed by atoms with van der Waals surface area (Å²) in [6.45, 7) is 2.77. The first kappa shape index (κ1) is 13.2. The van der Waals surface area contributed by atoms with Crippen molar-refractivity contribution in [1.29, 1.82) is 0 Å². The zero-order chi connectivity index (χ0) is 11.1. The van der Waals surface area contributed by atoms with Gasteiger partial charge in [-0.2, -0.15) is 0 Å². The van der Waals surface area contributed by atoms with Gasteiger partial charge in [0.05, 0.1) is 13.1 Å². The topological polar surface area (TPSA) is 52.7 Å². The van der Waals surface area contributed by atoms with Crippen LogP contribution in [0.2, 0.25) is 0 Å². The van der Waals surface area contributed by atoms with Gasteiger partial charge >= 0.3 is 0 Å². The van der Waals surface area contributed by atoms with Crippen LogP contribution in [0.4, 0.5) is 0 Å². The van der Waals surface area contributed by atoms with Gasteiger partial charge in [0, 0.05) is 20.6 Å². The molecule has 0 spiro atoms. The quantitative estimate of drug-likeness (QED) is 0.605. The van der Waals surface area contributed by atoms with E-state index >= 15 is 0 Å². The Labute approximate surface area is 90.0 Å². The minimum Gasteiger partial charge on any atom is -0.345 e. The Bertz CT molecular complexity index is 211. The monoisotopic (exact) mass is 219 g/mol. The summed E-state index contributed by atoms with van der Waals surface area (Å²) in [6.07, 6.45) is 0. The number of nitrogens with zero attached hydrogens (tertiary/aromatic N) is 2. The molecule has 0 unspecified atom stereocenters. The Morgan fingerprint density at radius 1 is 1.21 bits per heavy atom. The molecule has 0 rings (SSSR count). The van der Waals surface area contributed by atoms with Crippen LogP contribution in [0.25, 0.3) is 0 Å². The molecule has 0 radical (unpaired) electrons. The van der Waals surface area contributed by atoms with Crippen molar-refractivity contribution >= 4 is 24.6 Å². The van der Waals surface area contributed by atoms with E-state index in [9.17, 15) is 9.59 Å². The summed E-state index contributed by atoms with van der Waals surface area (Å²) in [5.41, 5.74) is 0. The molecule has 0 fully saturated rings. The molecule has 0 aliphatic rings. The lowest BCUT2D eigenvalue weighted by Gasteiger charge is -2.20. The van der Waals surface area contributed by atoms with Crippen LogP contribution in [0.1, 0.15) is 6.92 Å². The van der Waals surface area contributed by atoms with Gasteiger partial charge in [0.1, 0.15) is 0 Å². The van der Waals surface area contributed by atoms with E-state index in [0.29, 0.717) is 6.54 Å². The second-order valence-electron chi connectivity index (χ2n) is 2.99. The first-order valence-electron chi connectivity index (χ1n) is 4.37. The fraction of sp³-hybridized carbons (Fsp3) is 0.750. The van der Waals surface area contributed by atoms with Crippen molar-refractivity contribution in [2.75, 3.05) is 33.7 Å². The molecule has 0 bridgehead atoms. The SMILES string of the molecule is CCN(C)C(=O)CN(C)C(=O)CNS. The Morgan fingerprint density at radius 2 is 1.79 bits per heavy atom. The predicted octanol–water partition coefficient (Wildman–Crippen LogP) is -0.642. The fourth-order valence-corrected chi connectivity index (χ4v) is 0.926. The summed E-state index contributed by atoms with van der Waals surface area (Å²) in [5, 5.41) is 0. The largest absolute Gasteiger partial charge is 0.345 e. The Kier molecular flexibility index (Phi) is 6.31. The van der Waals surface area contributed by atoms with Gasteiger partial charge in [0.25, 0.3) is 0 Å². The molecule has 0 saturated carbocycles. The van der Waals surface area contributed by atoms with Crippen molar-refractivity contribution in [2.24, 2.45) is 0 Å². The van der Waals surface area contributed by atoms with Crippen molar-refractivity contribution < 1.29 is 9.59 Å². The number of hydrogen-bond acceptors (Lipinski definition) is 4. The molecule has 0 atom stereocenters. The minimum absolute atomic E-state index is 0.0671. The molecule has 0 aromatic carbocycles. The van der Waals surface area contributed by atoms with E-state index in [1.807, 2.05) is 6.92 Å². The van der Waals surface area contributed by atoms with Crippen LogP contribution in [-0.4, -0.2) is 55.3 Å². The first-order chi connectivity index (χ1) is 6.52. The van der Waals surface area contributed by atoms with E-state index in [1.165, 1.54) is 4.90 Å². The lowest BCUT2D eigenvalue weighted by molar-refractivity contribution is -0.137. The van der Waals surface area contributed by atoms with Crippen molar-refractivity contribution in [3.05, 3.63) is 0 Å². The number of hydrogen-bond donors (Lipinski definition) is 2. The van der Waals surface area contributed by atoms with E-state index < -0.39 is 0 Å². The lowest BCUT2D eigenvalue weighted by atomic mass is 10.4. The number of rotatable bonds is 5. The van der Waals surface area contributed by atoms with E-state index in [4.69, 9.17) is 0 Å². The lowest BCUT2D eigenvalue weighted by Crippen LogP contribution is -2.41. The van der Waals surface area contributed by atoms with Crippen LogP contribution in [-0.2, 0) is 9.59 Å². The molecule has 5 nitrogen and oxygen atoms in total. The third-order valence-corrected chi connectivity index (χ3v) is 2.09. The van der Waals surface area contributed by atoms with E-state index in [2.05, 4.69) is 17.5 Å². The second kappa shape index (κ2) is 6.67. The summed E-state index contributed by atoms with van der Waals surface area (Å²) >= 11 is 3.71. The molecule has 82 valence electrons. The van der Waals surface area contributed by atoms with Crippen molar-refractivity contribution in [3.63, 3.8) is 0 Å². The highest BCUT2D eigenvalue weighted by molar-refractivity contribution is 7.78. The van der Waals surface area contributed by atoms with Crippen LogP contribution < -0.4 is 4.72 Å². The molecule has 0 aliphatic heterocycles. The summed E-state index contributed by atoms with van der Waals surface area (Å²) in [6, 6.07) is 0.